The molecule has 0 bridgehead atoms. The molecule has 3 rings (SSSR count). The van der Waals surface area contributed by atoms with E-state index in [0.29, 0.717) is 0 Å². The number of halogens is 1. The number of rotatable bonds is 4. The van der Waals surface area contributed by atoms with Gasteiger partial charge in [-0.05, 0) is 36.1 Å². The second-order valence-corrected chi connectivity index (χ2v) is 5.95. The quantitative estimate of drug-likeness (QED) is 0.688. The zero-order chi connectivity index (χ0) is 14.8. The monoisotopic (exact) mass is 317 g/mol. The van der Waals surface area contributed by atoms with E-state index in [1.165, 1.54) is 11.1 Å². The minimum atomic E-state index is 0.285. The van der Waals surface area contributed by atoms with Crippen molar-refractivity contribution in [1.29, 1.82) is 0 Å². The zero-order valence-electron chi connectivity index (χ0n) is 12.0. The van der Waals surface area contributed by atoms with Crippen LogP contribution in [0.25, 0.3) is 21.3 Å². The molecule has 5 heteroatoms. The molecule has 0 atom stereocenters. The van der Waals surface area contributed by atoms with Crippen LogP contribution in [0.15, 0.2) is 29.6 Å². The molecule has 0 aliphatic carbocycles. The highest BCUT2D eigenvalue weighted by atomic mass is 35.5. The number of anilines is 1. The lowest BCUT2D eigenvalue weighted by atomic mass is 10.0. The summed E-state index contributed by atoms with van der Waals surface area (Å²) in [6.07, 6.45) is 1.05. The fraction of sp³-hybridized carbons (Fsp3) is 0.250. The summed E-state index contributed by atoms with van der Waals surface area (Å²) in [5.41, 5.74) is 3.68. The van der Waals surface area contributed by atoms with Gasteiger partial charge in [-0.2, -0.15) is 0 Å². The number of aryl methyl sites for hydroxylation is 1. The van der Waals surface area contributed by atoms with Gasteiger partial charge >= 0.3 is 0 Å². The van der Waals surface area contributed by atoms with Crippen molar-refractivity contribution < 1.29 is 0 Å². The molecular formula is C16H16ClN3S. The van der Waals surface area contributed by atoms with Crippen molar-refractivity contribution in [1.82, 2.24) is 9.97 Å². The number of thiophene rings is 1. The number of hydrogen-bond acceptors (Lipinski definition) is 4. The Balaban J connectivity index is 2.17. The first-order valence-electron chi connectivity index (χ1n) is 7.00. The highest BCUT2D eigenvalue weighted by Gasteiger charge is 2.14. The summed E-state index contributed by atoms with van der Waals surface area (Å²) in [7, 11) is 0. The Kier molecular flexibility index (Phi) is 4.08. The van der Waals surface area contributed by atoms with Gasteiger partial charge < -0.3 is 5.32 Å². The van der Waals surface area contributed by atoms with E-state index >= 15 is 0 Å². The van der Waals surface area contributed by atoms with Crippen LogP contribution in [0.5, 0.6) is 0 Å². The van der Waals surface area contributed by atoms with Crippen LogP contribution >= 0.6 is 22.9 Å². The van der Waals surface area contributed by atoms with Gasteiger partial charge in [-0.15, -0.1) is 11.3 Å². The Bertz CT molecular complexity index is 765. The third kappa shape index (κ3) is 2.74. The maximum absolute atomic E-state index is 6.00. The maximum Gasteiger partial charge on any atom is 0.225 e. The van der Waals surface area contributed by atoms with E-state index in [9.17, 15) is 0 Å². The van der Waals surface area contributed by atoms with Gasteiger partial charge in [0.25, 0.3) is 0 Å². The largest absolute Gasteiger partial charge is 0.370 e. The van der Waals surface area contributed by atoms with Crippen LogP contribution in [-0.2, 0) is 6.42 Å². The first-order chi connectivity index (χ1) is 10.2. The van der Waals surface area contributed by atoms with E-state index in [1.807, 2.05) is 6.92 Å². The lowest BCUT2D eigenvalue weighted by Crippen LogP contribution is -2.01. The number of nitrogens with zero attached hydrogens (tertiary/aromatic N) is 2. The number of fused-ring (bicyclic) bond motifs is 1. The Morgan fingerprint density at radius 1 is 1.14 bits per heavy atom. The Hall–Kier alpha value is -1.65. The van der Waals surface area contributed by atoms with Crippen molar-refractivity contribution in [2.75, 3.05) is 11.9 Å². The van der Waals surface area contributed by atoms with Gasteiger partial charge in [0, 0.05) is 17.5 Å². The van der Waals surface area contributed by atoms with Crippen molar-refractivity contribution in [2.45, 2.75) is 20.3 Å². The second kappa shape index (κ2) is 6.00. The fourth-order valence-electron chi connectivity index (χ4n) is 2.34. The first-order valence-corrected chi connectivity index (χ1v) is 8.26. The summed E-state index contributed by atoms with van der Waals surface area (Å²) in [6, 6.07) is 8.65. The van der Waals surface area contributed by atoms with E-state index in [0.717, 1.165) is 34.6 Å². The van der Waals surface area contributed by atoms with Crippen molar-refractivity contribution in [3.05, 3.63) is 40.5 Å². The van der Waals surface area contributed by atoms with Crippen LogP contribution in [0.1, 0.15) is 19.4 Å². The van der Waals surface area contributed by atoms with Gasteiger partial charge in [0.15, 0.2) is 0 Å². The lowest BCUT2D eigenvalue weighted by molar-refractivity contribution is 1.14. The molecule has 0 saturated heterocycles. The molecule has 0 unspecified atom stereocenters. The maximum atomic E-state index is 6.00. The normalized spacial score (nSPS) is 11.0. The number of nitrogens with one attached hydrogen (secondary N) is 1. The van der Waals surface area contributed by atoms with E-state index < -0.39 is 0 Å². The molecule has 0 saturated carbocycles. The molecule has 0 radical (unpaired) electrons. The lowest BCUT2D eigenvalue weighted by Gasteiger charge is -2.07. The molecule has 108 valence electrons. The topological polar surface area (TPSA) is 37.8 Å². The Morgan fingerprint density at radius 3 is 2.57 bits per heavy atom. The van der Waals surface area contributed by atoms with E-state index in [1.54, 1.807) is 11.3 Å². The van der Waals surface area contributed by atoms with Crippen molar-refractivity contribution >= 4 is 39.0 Å². The predicted octanol–water partition coefficient (Wildman–Crippen LogP) is 5.01. The van der Waals surface area contributed by atoms with Crippen molar-refractivity contribution in [3.8, 4) is 11.1 Å². The molecule has 1 N–H and O–H groups in total. The molecule has 3 nitrogen and oxygen atoms in total. The molecule has 21 heavy (non-hydrogen) atoms. The number of aromatic nitrogens is 2. The number of benzene rings is 1. The highest BCUT2D eigenvalue weighted by Crippen LogP contribution is 2.37. The van der Waals surface area contributed by atoms with Gasteiger partial charge in [0.05, 0.1) is 5.39 Å². The van der Waals surface area contributed by atoms with Crippen LogP contribution in [0.2, 0.25) is 5.28 Å². The summed E-state index contributed by atoms with van der Waals surface area (Å²) in [5.74, 6) is 0.809. The SMILES string of the molecule is CCNc1nc(Cl)nc2scc(-c3ccc(CC)cc3)c12. The van der Waals surface area contributed by atoms with E-state index in [2.05, 4.69) is 51.9 Å². The van der Waals surface area contributed by atoms with Gasteiger partial charge in [-0.3, -0.25) is 0 Å². The standard InChI is InChI=1S/C16H16ClN3S/c1-3-10-5-7-11(8-6-10)12-9-21-15-13(12)14(18-4-2)19-16(17)20-15/h5-9H,3-4H2,1-2H3,(H,18,19,20). The van der Waals surface area contributed by atoms with Crippen LogP contribution in [0.3, 0.4) is 0 Å². The van der Waals surface area contributed by atoms with Gasteiger partial charge in [-0.1, -0.05) is 31.2 Å². The molecule has 3 aromatic rings. The molecule has 0 aliphatic heterocycles. The van der Waals surface area contributed by atoms with Crippen LogP contribution in [-0.4, -0.2) is 16.5 Å². The summed E-state index contributed by atoms with van der Waals surface area (Å²) < 4.78 is 0. The molecule has 2 heterocycles. The van der Waals surface area contributed by atoms with E-state index in [4.69, 9.17) is 11.6 Å². The summed E-state index contributed by atoms with van der Waals surface area (Å²) in [4.78, 5) is 9.58. The molecule has 0 aliphatic rings. The summed E-state index contributed by atoms with van der Waals surface area (Å²) in [6.45, 7) is 5.00. The molecule has 1 aromatic carbocycles. The molecule has 0 amide bonds. The van der Waals surface area contributed by atoms with Crippen molar-refractivity contribution in [3.63, 3.8) is 0 Å². The minimum Gasteiger partial charge on any atom is -0.370 e. The van der Waals surface area contributed by atoms with Gasteiger partial charge in [0.2, 0.25) is 5.28 Å². The highest BCUT2D eigenvalue weighted by molar-refractivity contribution is 7.17. The average Bonchev–Trinajstić information content (AvgIpc) is 2.91. The fourth-order valence-corrected chi connectivity index (χ4v) is 3.51. The van der Waals surface area contributed by atoms with Crippen LogP contribution in [0.4, 0.5) is 5.82 Å². The second-order valence-electron chi connectivity index (χ2n) is 4.75. The first kappa shape index (κ1) is 14.3. The zero-order valence-corrected chi connectivity index (χ0v) is 13.6. The Morgan fingerprint density at radius 2 is 1.90 bits per heavy atom. The van der Waals surface area contributed by atoms with Gasteiger partial charge in [-0.25, -0.2) is 9.97 Å². The molecular weight excluding hydrogens is 302 g/mol. The van der Waals surface area contributed by atoms with Gasteiger partial charge in [0.1, 0.15) is 10.6 Å². The van der Waals surface area contributed by atoms with Crippen LogP contribution < -0.4 is 5.32 Å². The van der Waals surface area contributed by atoms with E-state index in [-0.39, 0.29) is 5.28 Å². The average molecular weight is 318 g/mol. The molecule has 2 aromatic heterocycles. The molecule has 0 spiro atoms. The summed E-state index contributed by atoms with van der Waals surface area (Å²) in [5, 5.41) is 6.74. The third-order valence-electron chi connectivity index (χ3n) is 3.42. The smallest absolute Gasteiger partial charge is 0.225 e. The predicted molar refractivity (Wildman–Crippen MR) is 91.4 cm³/mol. The third-order valence-corrected chi connectivity index (χ3v) is 4.46. The summed E-state index contributed by atoms with van der Waals surface area (Å²) >= 11 is 7.60. The number of hydrogen-bond donors (Lipinski definition) is 1. The molecule has 0 fully saturated rings. The Labute approximate surface area is 133 Å². The minimum absolute atomic E-state index is 0.285. The van der Waals surface area contributed by atoms with Crippen LogP contribution in [0, 0.1) is 0 Å². The van der Waals surface area contributed by atoms with Crippen molar-refractivity contribution in [2.24, 2.45) is 0 Å².